The summed E-state index contributed by atoms with van der Waals surface area (Å²) in [5, 5.41) is 13.2. The smallest absolute Gasteiger partial charge is 0.107 e. The summed E-state index contributed by atoms with van der Waals surface area (Å²) < 4.78 is 1.69. The van der Waals surface area contributed by atoms with Gasteiger partial charge in [-0.1, -0.05) is 41.9 Å². The second kappa shape index (κ2) is 6.68. The molecule has 0 spiro atoms. The first-order valence-corrected chi connectivity index (χ1v) is 7.53. The zero-order valence-electron chi connectivity index (χ0n) is 9.57. The minimum Gasteiger partial charge on any atom is -0.387 e. The van der Waals surface area contributed by atoms with E-state index in [2.05, 4.69) is 21.2 Å². The van der Waals surface area contributed by atoms with E-state index in [1.807, 2.05) is 36.4 Å². The van der Waals surface area contributed by atoms with E-state index in [9.17, 15) is 5.11 Å². The molecule has 0 saturated carbocycles. The Morgan fingerprint density at radius 1 is 1.33 bits per heavy atom. The summed E-state index contributed by atoms with van der Waals surface area (Å²) in [5.74, 6) is 0. The Kier molecular flexibility index (Phi) is 5.21. The van der Waals surface area contributed by atoms with E-state index in [1.165, 1.54) is 11.3 Å². The summed E-state index contributed by atoms with van der Waals surface area (Å²) in [6.07, 6.45) is -0.481. The number of benzene rings is 1. The lowest BCUT2D eigenvalue weighted by Gasteiger charge is -2.11. The van der Waals surface area contributed by atoms with E-state index in [1.54, 1.807) is 0 Å². The largest absolute Gasteiger partial charge is 0.387 e. The summed E-state index contributed by atoms with van der Waals surface area (Å²) in [6.45, 7) is 1.23. The van der Waals surface area contributed by atoms with E-state index >= 15 is 0 Å². The molecule has 0 aliphatic carbocycles. The first-order chi connectivity index (χ1) is 8.66. The van der Waals surface area contributed by atoms with Gasteiger partial charge in [-0.25, -0.2) is 0 Å². The number of aliphatic hydroxyl groups excluding tert-OH is 1. The van der Waals surface area contributed by atoms with Crippen molar-refractivity contribution in [3.05, 3.63) is 55.6 Å². The molecule has 5 heteroatoms. The van der Waals surface area contributed by atoms with Crippen molar-refractivity contribution in [3.63, 3.8) is 0 Å². The van der Waals surface area contributed by atoms with Gasteiger partial charge in [0.05, 0.1) is 6.10 Å². The first kappa shape index (κ1) is 14.0. The zero-order chi connectivity index (χ0) is 13.0. The monoisotopic (exact) mass is 345 g/mol. The molecule has 0 radical (unpaired) electrons. The number of aliphatic hydroxyl groups is 1. The summed E-state index contributed by atoms with van der Waals surface area (Å²) in [4.78, 5) is 1.15. The predicted molar refractivity (Wildman–Crippen MR) is 80.1 cm³/mol. The van der Waals surface area contributed by atoms with Gasteiger partial charge >= 0.3 is 0 Å². The highest BCUT2D eigenvalue weighted by atomic mass is 79.9. The molecule has 0 aliphatic heterocycles. The van der Waals surface area contributed by atoms with Gasteiger partial charge in [0.25, 0.3) is 0 Å². The highest BCUT2D eigenvalue weighted by molar-refractivity contribution is 9.10. The van der Waals surface area contributed by atoms with Crippen molar-refractivity contribution < 1.29 is 5.11 Å². The number of hydrogen-bond acceptors (Lipinski definition) is 3. The Balaban J connectivity index is 1.82. The van der Waals surface area contributed by atoms with Crippen LogP contribution in [-0.4, -0.2) is 11.7 Å². The topological polar surface area (TPSA) is 32.3 Å². The molecule has 1 aromatic carbocycles. The van der Waals surface area contributed by atoms with Gasteiger partial charge < -0.3 is 10.4 Å². The van der Waals surface area contributed by atoms with Gasteiger partial charge in [-0.15, -0.1) is 11.3 Å². The Hall–Kier alpha value is -0.390. The van der Waals surface area contributed by atoms with Gasteiger partial charge in [0, 0.05) is 22.4 Å². The van der Waals surface area contributed by atoms with Crippen LogP contribution in [0.3, 0.4) is 0 Å². The van der Waals surface area contributed by atoms with Gasteiger partial charge in [-0.2, -0.15) is 0 Å². The van der Waals surface area contributed by atoms with Crippen molar-refractivity contribution in [3.8, 4) is 0 Å². The van der Waals surface area contributed by atoms with Crippen LogP contribution in [0.15, 0.2) is 40.9 Å². The maximum atomic E-state index is 9.96. The molecule has 18 heavy (non-hydrogen) atoms. The second-order valence-corrected chi connectivity index (χ2v) is 6.48. The molecule has 1 unspecified atom stereocenters. The molecule has 2 rings (SSSR count). The zero-order valence-corrected chi connectivity index (χ0v) is 12.7. The van der Waals surface area contributed by atoms with Crippen LogP contribution in [-0.2, 0) is 6.54 Å². The molecule has 0 saturated heterocycles. The predicted octanol–water partition coefficient (Wildman–Crippen LogP) is 3.99. The highest BCUT2D eigenvalue weighted by Gasteiger charge is 2.07. The molecule has 0 fully saturated rings. The van der Waals surface area contributed by atoms with Crippen LogP contribution in [0.1, 0.15) is 16.5 Å². The maximum Gasteiger partial charge on any atom is 0.107 e. The number of thiophene rings is 1. The minimum absolute atomic E-state index is 0.481. The molecule has 0 aliphatic rings. The Morgan fingerprint density at radius 2 is 2.06 bits per heavy atom. The van der Waals surface area contributed by atoms with Crippen molar-refractivity contribution in [2.24, 2.45) is 0 Å². The average molecular weight is 347 g/mol. The van der Waals surface area contributed by atoms with Crippen molar-refractivity contribution in [1.29, 1.82) is 0 Å². The molecule has 1 aromatic heterocycles. The van der Waals surface area contributed by atoms with Gasteiger partial charge in [0.1, 0.15) is 4.34 Å². The Bertz CT molecular complexity index is 483. The summed E-state index contributed by atoms with van der Waals surface area (Å²) in [7, 11) is 0. The van der Waals surface area contributed by atoms with Crippen LogP contribution in [0, 0.1) is 0 Å². The maximum absolute atomic E-state index is 9.96. The normalized spacial score (nSPS) is 12.6. The van der Waals surface area contributed by atoms with Crippen molar-refractivity contribution >= 4 is 38.9 Å². The fourth-order valence-electron chi connectivity index (χ4n) is 1.60. The van der Waals surface area contributed by atoms with E-state index in [4.69, 9.17) is 11.6 Å². The fourth-order valence-corrected chi connectivity index (χ4v) is 3.36. The fraction of sp³-hybridized carbons (Fsp3) is 0.231. The quantitative estimate of drug-likeness (QED) is 0.858. The molecular weight excluding hydrogens is 334 g/mol. The molecule has 1 atom stereocenters. The Morgan fingerprint density at radius 3 is 2.67 bits per heavy atom. The van der Waals surface area contributed by atoms with Gasteiger partial charge in [0.15, 0.2) is 0 Å². The minimum atomic E-state index is -0.481. The lowest BCUT2D eigenvalue weighted by atomic mass is 10.1. The number of nitrogens with one attached hydrogen (secondary N) is 1. The van der Waals surface area contributed by atoms with Crippen LogP contribution in [0.25, 0.3) is 0 Å². The molecular formula is C13H13BrClNOS. The number of hydrogen-bond donors (Lipinski definition) is 2. The SMILES string of the molecule is OC(CNCc1cc(Br)c(Cl)s1)c1ccccc1. The van der Waals surface area contributed by atoms with Crippen LogP contribution in [0.4, 0.5) is 0 Å². The first-order valence-electron chi connectivity index (χ1n) is 5.54. The van der Waals surface area contributed by atoms with Gasteiger partial charge in [0.2, 0.25) is 0 Å². The Labute approximate surface area is 124 Å². The van der Waals surface area contributed by atoms with Crippen LogP contribution >= 0.6 is 38.9 Å². The molecule has 96 valence electrons. The molecule has 2 aromatic rings. The van der Waals surface area contributed by atoms with Gasteiger partial charge in [-0.3, -0.25) is 0 Å². The van der Waals surface area contributed by atoms with Crippen molar-refractivity contribution in [1.82, 2.24) is 5.32 Å². The second-order valence-electron chi connectivity index (χ2n) is 3.89. The van der Waals surface area contributed by atoms with Gasteiger partial charge in [-0.05, 0) is 27.6 Å². The number of halogens is 2. The lowest BCUT2D eigenvalue weighted by Crippen LogP contribution is -2.20. The highest BCUT2D eigenvalue weighted by Crippen LogP contribution is 2.31. The van der Waals surface area contributed by atoms with Crippen LogP contribution in [0.2, 0.25) is 4.34 Å². The van der Waals surface area contributed by atoms with Crippen LogP contribution < -0.4 is 5.32 Å². The van der Waals surface area contributed by atoms with Crippen LogP contribution in [0.5, 0.6) is 0 Å². The molecule has 0 amide bonds. The van der Waals surface area contributed by atoms with Crippen molar-refractivity contribution in [2.75, 3.05) is 6.54 Å². The average Bonchev–Trinajstić information content (AvgIpc) is 2.69. The third kappa shape index (κ3) is 3.80. The standard InChI is InChI=1S/C13H13BrClNOS/c14-11-6-10(18-13(11)15)7-16-8-12(17)9-4-2-1-3-5-9/h1-6,12,16-17H,7-8H2. The summed E-state index contributed by atoms with van der Waals surface area (Å²) in [5.41, 5.74) is 0.926. The molecule has 2 nitrogen and oxygen atoms in total. The third-order valence-electron chi connectivity index (χ3n) is 2.52. The third-order valence-corrected chi connectivity index (χ3v) is 4.99. The lowest BCUT2D eigenvalue weighted by molar-refractivity contribution is 0.174. The molecule has 2 N–H and O–H groups in total. The van der Waals surface area contributed by atoms with E-state index in [0.29, 0.717) is 13.1 Å². The van der Waals surface area contributed by atoms with E-state index in [-0.39, 0.29) is 0 Å². The van der Waals surface area contributed by atoms with E-state index in [0.717, 1.165) is 19.2 Å². The van der Waals surface area contributed by atoms with E-state index < -0.39 is 6.10 Å². The molecule has 1 heterocycles. The summed E-state index contributed by atoms with van der Waals surface area (Å²) >= 11 is 10.9. The number of rotatable bonds is 5. The van der Waals surface area contributed by atoms with Crippen molar-refractivity contribution in [2.45, 2.75) is 12.6 Å². The summed E-state index contributed by atoms with van der Waals surface area (Å²) in [6, 6.07) is 11.6. The molecule has 0 bridgehead atoms.